The van der Waals surface area contributed by atoms with Crippen molar-refractivity contribution in [2.45, 2.75) is 132 Å². The van der Waals surface area contributed by atoms with Gasteiger partial charge in [-0.2, -0.15) is 0 Å². The molecule has 0 saturated carbocycles. The van der Waals surface area contributed by atoms with Crippen molar-refractivity contribution in [1.82, 2.24) is 0 Å². The molecule has 66 heavy (non-hydrogen) atoms. The number of hydrogen-bond acceptors (Lipinski definition) is 3. The molecule has 4 heteroatoms. The van der Waals surface area contributed by atoms with E-state index in [2.05, 4.69) is 259 Å². The number of fused-ring (bicyclic) bond motifs is 4. The first-order valence-electron chi connectivity index (χ1n) is 24.1. The Hall–Kier alpha value is -6.00. The van der Waals surface area contributed by atoms with E-state index in [4.69, 9.17) is 0 Å². The summed E-state index contributed by atoms with van der Waals surface area (Å²) in [6.07, 6.45) is 0. The van der Waals surface area contributed by atoms with Gasteiger partial charge in [0.2, 0.25) is 0 Å². The molecule has 0 aliphatic carbocycles. The number of aryl methyl sites for hydroxylation is 4. The number of hydrogen-bond donors (Lipinski definition) is 0. The number of para-hydroxylation sites is 2. The Bertz CT molecular complexity index is 2740. The summed E-state index contributed by atoms with van der Waals surface area (Å²) in [5, 5.41) is 0. The van der Waals surface area contributed by atoms with Crippen LogP contribution in [0.2, 0.25) is 0 Å². The molecule has 2 heterocycles. The van der Waals surface area contributed by atoms with Crippen LogP contribution in [0, 0.1) is 27.7 Å². The van der Waals surface area contributed by atoms with Crippen molar-refractivity contribution in [3.8, 4) is 0 Å². The highest BCUT2D eigenvalue weighted by atomic mass is 15.2. The Labute approximate surface area is 397 Å². The quantitative estimate of drug-likeness (QED) is 0.160. The van der Waals surface area contributed by atoms with Gasteiger partial charge < -0.3 is 14.7 Å². The smallest absolute Gasteiger partial charge is 0.252 e. The lowest BCUT2D eigenvalue weighted by Gasteiger charge is -2.45. The molecule has 3 nitrogen and oxygen atoms in total. The van der Waals surface area contributed by atoms with E-state index >= 15 is 0 Å². The van der Waals surface area contributed by atoms with Crippen LogP contribution in [0.5, 0.6) is 0 Å². The Morgan fingerprint density at radius 1 is 0.348 bits per heavy atom. The molecule has 0 radical (unpaired) electrons. The van der Waals surface area contributed by atoms with Crippen LogP contribution in [0.3, 0.4) is 0 Å². The van der Waals surface area contributed by atoms with Crippen LogP contribution in [-0.4, -0.2) is 6.71 Å². The minimum atomic E-state index is -0.0752. The lowest BCUT2D eigenvalue weighted by atomic mass is 9.33. The van der Waals surface area contributed by atoms with Gasteiger partial charge in [-0.05, 0) is 183 Å². The summed E-state index contributed by atoms with van der Waals surface area (Å²) in [7, 11) is 0. The lowest BCUT2D eigenvalue weighted by molar-refractivity contribution is 0.568. The predicted octanol–water partition coefficient (Wildman–Crippen LogP) is 15.7. The Kier molecular flexibility index (Phi) is 10.8. The lowest BCUT2D eigenvalue weighted by Crippen LogP contribution is -2.61. The van der Waals surface area contributed by atoms with Crippen LogP contribution in [0.4, 0.5) is 51.2 Å². The Balaban J connectivity index is 1.48. The summed E-state index contributed by atoms with van der Waals surface area (Å²) in [4.78, 5) is 7.72. The largest absolute Gasteiger partial charge is 0.311 e. The first-order valence-corrected chi connectivity index (χ1v) is 24.1. The van der Waals surface area contributed by atoms with Crippen molar-refractivity contribution in [3.63, 3.8) is 0 Å². The molecule has 0 N–H and O–H groups in total. The van der Waals surface area contributed by atoms with E-state index in [0.29, 0.717) is 0 Å². The maximum Gasteiger partial charge on any atom is 0.252 e. The molecule has 0 spiro atoms. The highest BCUT2D eigenvalue weighted by Gasteiger charge is 2.44. The molecule has 2 aliphatic rings. The standard InChI is InChI=1S/C62H70BN3/c1-39-27-52-54(29-41(39)3)65(47-23-19-17-20-24-47)56-37-51(38-57-58(56)63(52)53-28-40(2)42(4)30-55(53)66(57)48-25-21-18-22-26-48)64(49-33-43(59(5,6)7)31-44(34-49)60(8,9)10)50-35-45(61(11,12)13)32-46(36-50)62(14,15)16/h17-38H,1-16H3. The van der Waals surface area contributed by atoms with Gasteiger partial charge in [0.25, 0.3) is 6.71 Å². The molecule has 0 atom stereocenters. The summed E-state index contributed by atoms with van der Waals surface area (Å²) in [5.41, 5.74) is 24.9. The van der Waals surface area contributed by atoms with Crippen molar-refractivity contribution in [2.75, 3.05) is 14.7 Å². The van der Waals surface area contributed by atoms with Crippen molar-refractivity contribution < 1.29 is 0 Å². The van der Waals surface area contributed by atoms with Gasteiger partial charge in [-0.15, -0.1) is 0 Å². The minimum absolute atomic E-state index is 0.0226. The van der Waals surface area contributed by atoms with E-state index in [-0.39, 0.29) is 28.4 Å². The van der Waals surface area contributed by atoms with E-state index < -0.39 is 0 Å². The SMILES string of the molecule is Cc1cc2c(cc1C)N(c1ccccc1)c1cc(N(c3cc(C(C)(C)C)cc(C(C)(C)C)c3)c3cc(C(C)(C)C)cc(C(C)(C)C)c3)cc3c1B2c1cc(C)c(C)cc1N3c1ccccc1. The summed E-state index contributed by atoms with van der Waals surface area (Å²) in [6.45, 7) is 37.3. The fourth-order valence-electron chi connectivity index (χ4n) is 10.0. The van der Waals surface area contributed by atoms with Gasteiger partial charge >= 0.3 is 0 Å². The van der Waals surface area contributed by atoms with E-state index in [1.807, 2.05) is 0 Å². The molecule has 0 amide bonds. The van der Waals surface area contributed by atoms with Crippen LogP contribution in [-0.2, 0) is 21.7 Å². The maximum absolute atomic E-state index is 2.60. The van der Waals surface area contributed by atoms with Gasteiger partial charge in [0.15, 0.2) is 0 Å². The molecule has 336 valence electrons. The van der Waals surface area contributed by atoms with E-state index in [1.165, 1.54) is 95.0 Å². The van der Waals surface area contributed by atoms with Gasteiger partial charge in [-0.1, -0.05) is 144 Å². The van der Waals surface area contributed by atoms with Gasteiger partial charge in [0.05, 0.1) is 5.69 Å². The third kappa shape index (κ3) is 7.95. The molecule has 0 bridgehead atoms. The predicted molar refractivity (Wildman–Crippen MR) is 289 cm³/mol. The summed E-state index contributed by atoms with van der Waals surface area (Å²) >= 11 is 0. The second-order valence-electron chi connectivity index (χ2n) is 23.5. The molecule has 7 aromatic carbocycles. The summed E-state index contributed by atoms with van der Waals surface area (Å²) in [6, 6.07) is 51.8. The van der Waals surface area contributed by atoms with Gasteiger partial charge in [-0.25, -0.2) is 0 Å². The average molecular weight is 868 g/mol. The third-order valence-corrected chi connectivity index (χ3v) is 14.4. The topological polar surface area (TPSA) is 9.72 Å². The van der Waals surface area contributed by atoms with E-state index in [9.17, 15) is 0 Å². The average Bonchev–Trinajstić information content (AvgIpc) is 3.24. The fourth-order valence-corrected chi connectivity index (χ4v) is 10.0. The molecule has 0 fully saturated rings. The number of benzene rings is 7. The number of anilines is 9. The number of nitrogens with zero attached hydrogens (tertiary/aromatic N) is 3. The molecule has 0 aromatic heterocycles. The fraction of sp³-hybridized carbons (Fsp3) is 0.323. The molecule has 0 unspecified atom stereocenters. The molecule has 0 saturated heterocycles. The van der Waals surface area contributed by atoms with Gasteiger partial charge in [0.1, 0.15) is 0 Å². The molecule has 7 aromatic rings. The zero-order chi connectivity index (χ0) is 47.4. The minimum Gasteiger partial charge on any atom is -0.311 e. The molecule has 9 rings (SSSR count). The third-order valence-electron chi connectivity index (χ3n) is 14.4. The zero-order valence-corrected chi connectivity index (χ0v) is 42.6. The van der Waals surface area contributed by atoms with Crippen molar-refractivity contribution in [2.24, 2.45) is 0 Å². The van der Waals surface area contributed by atoms with Crippen molar-refractivity contribution >= 4 is 74.3 Å². The van der Waals surface area contributed by atoms with Crippen molar-refractivity contribution in [1.29, 1.82) is 0 Å². The van der Waals surface area contributed by atoms with E-state index in [1.54, 1.807) is 0 Å². The van der Waals surface area contributed by atoms with E-state index in [0.717, 1.165) is 17.1 Å². The van der Waals surface area contributed by atoms with Gasteiger partial charge in [-0.3, -0.25) is 0 Å². The van der Waals surface area contributed by atoms with Crippen LogP contribution in [0.15, 0.2) is 133 Å². The highest BCUT2D eigenvalue weighted by Crippen LogP contribution is 2.50. The second kappa shape index (κ2) is 15.8. The normalized spacial score (nSPS) is 13.7. The van der Waals surface area contributed by atoms with Crippen LogP contribution in [0.25, 0.3) is 0 Å². The summed E-state index contributed by atoms with van der Waals surface area (Å²) in [5.74, 6) is 0. The highest BCUT2D eigenvalue weighted by molar-refractivity contribution is 7.00. The van der Waals surface area contributed by atoms with Crippen molar-refractivity contribution in [3.05, 3.63) is 178 Å². The Morgan fingerprint density at radius 2 is 0.652 bits per heavy atom. The van der Waals surface area contributed by atoms with Crippen LogP contribution < -0.4 is 31.1 Å². The summed E-state index contributed by atoms with van der Waals surface area (Å²) < 4.78 is 0. The molecular weight excluding hydrogens is 798 g/mol. The first kappa shape index (κ1) is 45.2. The van der Waals surface area contributed by atoms with Gasteiger partial charge in [0, 0.05) is 45.5 Å². The monoisotopic (exact) mass is 868 g/mol. The second-order valence-corrected chi connectivity index (χ2v) is 23.5. The molecular formula is C62H70BN3. The maximum atomic E-state index is 2.60. The Morgan fingerprint density at radius 3 is 0.970 bits per heavy atom. The van der Waals surface area contributed by atoms with Crippen LogP contribution in [0.1, 0.15) is 128 Å². The van der Waals surface area contributed by atoms with Crippen LogP contribution >= 0.6 is 0 Å². The first-order chi connectivity index (χ1) is 30.9. The number of rotatable bonds is 5. The zero-order valence-electron chi connectivity index (χ0n) is 42.6. The molecule has 2 aliphatic heterocycles.